The predicted molar refractivity (Wildman–Crippen MR) is 80.2 cm³/mol. The first-order chi connectivity index (χ1) is 9.94. The van der Waals surface area contributed by atoms with Gasteiger partial charge in [0, 0.05) is 35.9 Å². The van der Waals surface area contributed by atoms with Crippen molar-refractivity contribution in [2.75, 3.05) is 17.2 Å². The molecule has 110 valence electrons. The van der Waals surface area contributed by atoms with Gasteiger partial charge in [-0.3, -0.25) is 9.78 Å². The fourth-order valence-corrected chi connectivity index (χ4v) is 3.65. The Morgan fingerprint density at radius 1 is 1.29 bits per heavy atom. The van der Waals surface area contributed by atoms with Gasteiger partial charge in [-0.25, -0.2) is 13.6 Å². The molecule has 3 rings (SSSR count). The van der Waals surface area contributed by atoms with Crippen LogP contribution in [-0.4, -0.2) is 31.6 Å². The van der Waals surface area contributed by atoms with Crippen LogP contribution in [0.5, 0.6) is 0 Å². The third-order valence-electron chi connectivity index (χ3n) is 3.61. The Hall–Kier alpha value is -1.99. The van der Waals surface area contributed by atoms with Crippen molar-refractivity contribution >= 4 is 32.4 Å². The number of fused-ring (bicyclic) bond motifs is 1. The fraction of sp³-hybridized carbons (Fsp3) is 0.286. The molecule has 1 fully saturated rings. The highest BCUT2D eigenvalue weighted by atomic mass is 32.2. The lowest BCUT2D eigenvalue weighted by molar-refractivity contribution is -0.117. The lowest BCUT2D eigenvalue weighted by Crippen LogP contribution is -2.27. The lowest BCUT2D eigenvalue weighted by atomic mass is 10.1. The highest BCUT2D eigenvalue weighted by Gasteiger charge is 2.33. The fourth-order valence-electron chi connectivity index (χ4n) is 2.77. The number of sulfonamides is 1. The SMILES string of the molecule is NS(=O)(=O)CC1CC(=O)N(c2cncc3ccccc23)C1. The summed E-state index contributed by atoms with van der Waals surface area (Å²) in [5.41, 5.74) is 0.718. The summed E-state index contributed by atoms with van der Waals surface area (Å²) in [4.78, 5) is 17.9. The molecule has 1 aliphatic rings. The summed E-state index contributed by atoms with van der Waals surface area (Å²) in [6.45, 7) is 0.352. The number of amides is 1. The van der Waals surface area contributed by atoms with E-state index in [1.165, 1.54) is 0 Å². The Balaban J connectivity index is 1.95. The van der Waals surface area contributed by atoms with E-state index in [4.69, 9.17) is 5.14 Å². The zero-order chi connectivity index (χ0) is 15.0. The maximum absolute atomic E-state index is 12.2. The van der Waals surface area contributed by atoms with E-state index in [0.717, 1.165) is 16.5 Å². The number of anilines is 1. The van der Waals surface area contributed by atoms with E-state index >= 15 is 0 Å². The molecular formula is C14H15N3O3S. The van der Waals surface area contributed by atoms with Crippen molar-refractivity contribution in [3.8, 4) is 0 Å². The molecule has 1 amide bonds. The molecule has 0 radical (unpaired) electrons. The van der Waals surface area contributed by atoms with Crippen LogP contribution in [0.25, 0.3) is 10.8 Å². The highest BCUT2D eigenvalue weighted by molar-refractivity contribution is 7.89. The summed E-state index contributed by atoms with van der Waals surface area (Å²) in [7, 11) is -3.57. The summed E-state index contributed by atoms with van der Waals surface area (Å²) >= 11 is 0. The number of aromatic nitrogens is 1. The molecule has 2 N–H and O–H groups in total. The minimum absolute atomic E-state index is 0.0956. The van der Waals surface area contributed by atoms with Gasteiger partial charge in [-0.1, -0.05) is 24.3 Å². The second kappa shape index (κ2) is 5.09. The molecule has 0 aliphatic carbocycles. The number of hydrogen-bond acceptors (Lipinski definition) is 4. The molecule has 1 unspecified atom stereocenters. The number of nitrogens with two attached hydrogens (primary N) is 1. The van der Waals surface area contributed by atoms with Crippen LogP contribution in [0.15, 0.2) is 36.7 Å². The minimum atomic E-state index is -3.57. The number of rotatable bonds is 3. The molecule has 1 aliphatic heterocycles. The Morgan fingerprint density at radius 3 is 2.81 bits per heavy atom. The van der Waals surface area contributed by atoms with Crippen LogP contribution in [0.4, 0.5) is 5.69 Å². The van der Waals surface area contributed by atoms with E-state index < -0.39 is 10.0 Å². The monoisotopic (exact) mass is 305 g/mol. The Kier molecular flexibility index (Phi) is 3.38. The predicted octanol–water partition coefficient (Wildman–Crippen LogP) is 0.876. The molecule has 2 heterocycles. The standard InChI is InChI=1S/C14H15N3O3S/c15-21(19,20)9-10-5-14(18)17(8-10)13-7-16-6-11-3-1-2-4-12(11)13/h1-4,6-7,10H,5,8-9H2,(H2,15,19,20). The first-order valence-corrected chi connectivity index (χ1v) is 8.29. The van der Waals surface area contributed by atoms with Gasteiger partial charge in [0.1, 0.15) is 0 Å². The van der Waals surface area contributed by atoms with Crippen molar-refractivity contribution in [3.05, 3.63) is 36.7 Å². The number of hydrogen-bond donors (Lipinski definition) is 1. The largest absolute Gasteiger partial charge is 0.310 e. The molecule has 0 bridgehead atoms. The van der Waals surface area contributed by atoms with Crippen LogP contribution in [0.3, 0.4) is 0 Å². The van der Waals surface area contributed by atoms with E-state index in [1.807, 2.05) is 24.3 Å². The van der Waals surface area contributed by atoms with Gasteiger partial charge in [0.05, 0.1) is 17.6 Å². The van der Waals surface area contributed by atoms with E-state index in [1.54, 1.807) is 17.3 Å². The Morgan fingerprint density at radius 2 is 2.05 bits per heavy atom. The van der Waals surface area contributed by atoms with Gasteiger partial charge in [-0.2, -0.15) is 0 Å². The first kappa shape index (κ1) is 14.0. The number of pyridine rings is 1. The second-order valence-electron chi connectivity index (χ2n) is 5.28. The smallest absolute Gasteiger partial charge is 0.227 e. The molecule has 7 heteroatoms. The van der Waals surface area contributed by atoms with Gasteiger partial charge < -0.3 is 4.90 Å². The number of carbonyl (C=O) groups is 1. The third kappa shape index (κ3) is 2.88. The minimum Gasteiger partial charge on any atom is -0.310 e. The van der Waals surface area contributed by atoms with Crippen molar-refractivity contribution in [2.45, 2.75) is 6.42 Å². The molecule has 2 aromatic rings. The van der Waals surface area contributed by atoms with Crippen molar-refractivity contribution in [2.24, 2.45) is 11.1 Å². The molecule has 1 aromatic carbocycles. The molecule has 6 nitrogen and oxygen atoms in total. The summed E-state index contributed by atoms with van der Waals surface area (Å²) in [5, 5.41) is 6.94. The van der Waals surface area contributed by atoms with Gasteiger partial charge in [0.15, 0.2) is 0 Å². The highest BCUT2D eigenvalue weighted by Crippen LogP contribution is 2.31. The molecule has 1 saturated heterocycles. The van der Waals surface area contributed by atoms with Gasteiger partial charge in [-0.15, -0.1) is 0 Å². The van der Waals surface area contributed by atoms with Crippen molar-refractivity contribution < 1.29 is 13.2 Å². The van der Waals surface area contributed by atoms with E-state index in [0.29, 0.717) is 6.54 Å². The second-order valence-corrected chi connectivity index (χ2v) is 6.94. The molecule has 1 aromatic heterocycles. The quantitative estimate of drug-likeness (QED) is 0.910. The van der Waals surface area contributed by atoms with Crippen LogP contribution in [0.2, 0.25) is 0 Å². The van der Waals surface area contributed by atoms with Crippen molar-refractivity contribution in [3.63, 3.8) is 0 Å². The van der Waals surface area contributed by atoms with Crippen LogP contribution < -0.4 is 10.0 Å². The summed E-state index contributed by atoms with van der Waals surface area (Å²) < 4.78 is 22.4. The maximum atomic E-state index is 12.2. The molecule has 0 spiro atoms. The van der Waals surface area contributed by atoms with Crippen molar-refractivity contribution in [1.29, 1.82) is 0 Å². The summed E-state index contributed by atoms with van der Waals surface area (Å²) in [6, 6.07) is 7.65. The maximum Gasteiger partial charge on any atom is 0.227 e. The summed E-state index contributed by atoms with van der Waals surface area (Å²) in [5.74, 6) is -0.541. The van der Waals surface area contributed by atoms with Crippen LogP contribution in [-0.2, 0) is 14.8 Å². The van der Waals surface area contributed by atoms with Crippen LogP contribution >= 0.6 is 0 Å². The van der Waals surface area contributed by atoms with Gasteiger partial charge in [0.2, 0.25) is 15.9 Å². The number of primary sulfonamides is 1. The first-order valence-electron chi connectivity index (χ1n) is 6.57. The summed E-state index contributed by atoms with van der Waals surface area (Å²) in [6.07, 6.45) is 3.57. The molecule has 1 atom stereocenters. The van der Waals surface area contributed by atoms with Crippen molar-refractivity contribution in [1.82, 2.24) is 4.98 Å². The van der Waals surface area contributed by atoms with Crippen LogP contribution in [0.1, 0.15) is 6.42 Å². The zero-order valence-corrected chi connectivity index (χ0v) is 12.1. The van der Waals surface area contributed by atoms with Gasteiger partial charge >= 0.3 is 0 Å². The zero-order valence-electron chi connectivity index (χ0n) is 11.3. The lowest BCUT2D eigenvalue weighted by Gasteiger charge is -2.18. The molecule has 21 heavy (non-hydrogen) atoms. The number of benzene rings is 1. The Labute approximate surface area is 122 Å². The average Bonchev–Trinajstić information content (AvgIpc) is 2.76. The number of nitrogens with zero attached hydrogens (tertiary/aromatic N) is 2. The van der Waals surface area contributed by atoms with E-state index in [-0.39, 0.29) is 24.0 Å². The van der Waals surface area contributed by atoms with Gasteiger partial charge in [-0.05, 0) is 0 Å². The number of carbonyl (C=O) groups excluding carboxylic acids is 1. The van der Waals surface area contributed by atoms with Gasteiger partial charge in [0.25, 0.3) is 0 Å². The average molecular weight is 305 g/mol. The molecular weight excluding hydrogens is 290 g/mol. The third-order valence-corrected chi connectivity index (χ3v) is 4.55. The molecule has 0 saturated carbocycles. The Bertz CT molecular complexity index is 799. The van der Waals surface area contributed by atoms with E-state index in [9.17, 15) is 13.2 Å². The normalized spacial score (nSPS) is 19.4. The van der Waals surface area contributed by atoms with Crippen LogP contribution in [0, 0.1) is 5.92 Å². The topological polar surface area (TPSA) is 93.4 Å². The van der Waals surface area contributed by atoms with E-state index in [2.05, 4.69) is 4.98 Å².